The lowest BCUT2D eigenvalue weighted by Crippen LogP contribution is -2.44. The molecule has 4 nitrogen and oxygen atoms in total. The van der Waals surface area contributed by atoms with Crippen molar-refractivity contribution < 1.29 is 9.90 Å². The number of rotatable bonds is 1. The topological polar surface area (TPSA) is 52.6 Å². The van der Waals surface area contributed by atoms with Gasteiger partial charge in [0, 0.05) is 19.6 Å². The van der Waals surface area contributed by atoms with E-state index in [0.29, 0.717) is 19.5 Å². The van der Waals surface area contributed by atoms with Crippen LogP contribution >= 0.6 is 0 Å². The zero-order valence-corrected chi connectivity index (χ0v) is 8.15. The van der Waals surface area contributed by atoms with Crippen LogP contribution in [0.25, 0.3) is 0 Å². The van der Waals surface area contributed by atoms with Gasteiger partial charge in [0.05, 0.1) is 12.1 Å². The summed E-state index contributed by atoms with van der Waals surface area (Å²) in [5, 5.41) is 12.3. The molecule has 2 aliphatic heterocycles. The third-order valence-electron chi connectivity index (χ3n) is 2.78. The molecule has 2 atom stereocenters. The van der Waals surface area contributed by atoms with Crippen molar-refractivity contribution in [3.8, 4) is 0 Å². The summed E-state index contributed by atoms with van der Waals surface area (Å²) in [7, 11) is 0. The predicted molar refractivity (Wildman–Crippen MR) is 52.8 cm³/mol. The van der Waals surface area contributed by atoms with Crippen LogP contribution in [-0.2, 0) is 4.79 Å². The van der Waals surface area contributed by atoms with Gasteiger partial charge in [-0.3, -0.25) is 4.79 Å². The number of carbonyl (C=O) groups excluding carboxylic acids is 1. The molecule has 0 aromatic rings. The largest absolute Gasteiger partial charge is 0.392 e. The number of β-amino-alcohol motifs (C(OH)–C–C–N with tert-alkyl or cyclic N) is 1. The Kier molecular flexibility index (Phi) is 2.84. The van der Waals surface area contributed by atoms with Gasteiger partial charge in [-0.1, -0.05) is 12.2 Å². The van der Waals surface area contributed by atoms with E-state index in [0.717, 1.165) is 13.0 Å². The average molecular weight is 196 g/mol. The molecule has 2 heterocycles. The Balaban J connectivity index is 1.91. The first kappa shape index (κ1) is 9.68. The molecular formula is C10H16N2O2. The summed E-state index contributed by atoms with van der Waals surface area (Å²) in [4.78, 5) is 13.7. The van der Waals surface area contributed by atoms with E-state index in [1.54, 1.807) is 0 Å². The third-order valence-corrected chi connectivity index (χ3v) is 2.78. The Labute approximate surface area is 83.6 Å². The van der Waals surface area contributed by atoms with Crippen molar-refractivity contribution in [3.05, 3.63) is 12.2 Å². The zero-order chi connectivity index (χ0) is 9.97. The summed E-state index contributed by atoms with van der Waals surface area (Å²) in [6.07, 6.45) is 5.26. The molecule has 2 unspecified atom stereocenters. The first-order valence-corrected chi connectivity index (χ1v) is 5.12. The van der Waals surface area contributed by atoms with E-state index in [4.69, 9.17) is 0 Å². The second-order valence-corrected chi connectivity index (χ2v) is 3.89. The molecule has 0 aromatic carbocycles. The van der Waals surface area contributed by atoms with Crippen LogP contribution in [0.5, 0.6) is 0 Å². The van der Waals surface area contributed by atoms with E-state index < -0.39 is 0 Å². The number of nitrogens with zero attached hydrogens (tertiary/aromatic N) is 1. The molecule has 1 fully saturated rings. The van der Waals surface area contributed by atoms with Gasteiger partial charge in [0.25, 0.3) is 0 Å². The highest BCUT2D eigenvalue weighted by atomic mass is 16.3. The van der Waals surface area contributed by atoms with E-state index in [-0.39, 0.29) is 18.1 Å². The van der Waals surface area contributed by atoms with Crippen molar-refractivity contribution >= 4 is 5.91 Å². The molecule has 0 saturated carbocycles. The Bertz CT molecular complexity index is 253. The molecular weight excluding hydrogens is 180 g/mol. The van der Waals surface area contributed by atoms with Crippen molar-refractivity contribution in [3.63, 3.8) is 0 Å². The van der Waals surface area contributed by atoms with E-state index >= 15 is 0 Å². The Morgan fingerprint density at radius 2 is 2.36 bits per heavy atom. The molecule has 1 saturated heterocycles. The van der Waals surface area contributed by atoms with Crippen LogP contribution in [-0.4, -0.2) is 47.7 Å². The molecule has 1 amide bonds. The SMILES string of the molecule is O=C(C1CC(O)CN1)N1CC=CCC1. The molecule has 0 aromatic heterocycles. The normalized spacial score (nSPS) is 32.2. The predicted octanol–water partition coefficient (Wildman–Crippen LogP) is -0.502. The van der Waals surface area contributed by atoms with Gasteiger partial charge in [-0.25, -0.2) is 0 Å². The van der Waals surface area contributed by atoms with Crippen LogP contribution in [0.15, 0.2) is 12.2 Å². The molecule has 14 heavy (non-hydrogen) atoms. The summed E-state index contributed by atoms with van der Waals surface area (Å²) in [6.45, 7) is 2.07. The van der Waals surface area contributed by atoms with Crippen molar-refractivity contribution in [2.24, 2.45) is 0 Å². The van der Waals surface area contributed by atoms with Gasteiger partial charge in [0.1, 0.15) is 0 Å². The van der Waals surface area contributed by atoms with Crippen LogP contribution in [0, 0.1) is 0 Å². The number of aliphatic hydroxyl groups is 1. The number of carbonyl (C=O) groups is 1. The number of amides is 1. The van der Waals surface area contributed by atoms with Gasteiger partial charge < -0.3 is 15.3 Å². The molecule has 78 valence electrons. The highest BCUT2D eigenvalue weighted by Crippen LogP contribution is 2.11. The van der Waals surface area contributed by atoms with Crippen LogP contribution < -0.4 is 5.32 Å². The Morgan fingerprint density at radius 3 is 2.93 bits per heavy atom. The maximum absolute atomic E-state index is 11.9. The fourth-order valence-electron chi connectivity index (χ4n) is 1.97. The minimum absolute atomic E-state index is 0.130. The standard InChI is InChI=1S/C10H16N2O2/c13-8-6-9(11-7-8)10(14)12-4-2-1-3-5-12/h1-2,8-9,11,13H,3-7H2. The van der Waals surface area contributed by atoms with E-state index in [9.17, 15) is 9.90 Å². The molecule has 4 heteroatoms. The monoisotopic (exact) mass is 196 g/mol. The van der Waals surface area contributed by atoms with Gasteiger partial charge in [-0.15, -0.1) is 0 Å². The minimum Gasteiger partial charge on any atom is -0.392 e. The molecule has 0 spiro atoms. The van der Waals surface area contributed by atoms with Crippen molar-refractivity contribution in [2.45, 2.75) is 25.0 Å². The number of aliphatic hydroxyl groups excluding tert-OH is 1. The molecule has 0 aliphatic carbocycles. The van der Waals surface area contributed by atoms with Crippen LogP contribution in [0.1, 0.15) is 12.8 Å². The second-order valence-electron chi connectivity index (χ2n) is 3.89. The second kappa shape index (κ2) is 4.11. The number of nitrogens with one attached hydrogen (secondary N) is 1. The maximum atomic E-state index is 11.9. The Hall–Kier alpha value is -0.870. The van der Waals surface area contributed by atoms with E-state index in [1.165, 1.54) is 0 Å². The Morgan fingerprint density at radius 1 is 1.50 bits per heavy atom. The molecule has 2 aliphatic rings. The lowest BCUT2D eigenvalue weighted by Gasteiger charge is -2.26. The van der Waals surface area contributed by atoms with Gasteiger partial charge in [-0.05, 0) is 12.8 Å². The van der Waals surface area contributed by atoms with Gasteiger partial charge in [-0.2, -0.15) is 0 Å². The first-order chi connectivity index (χ1) is 6.77. The first-order valence-electron chi connectivity index (χ1n) is 5.12. The zero-order valence-electron chi connectivity index (χ0n) is 8.15. The molecule has 0 bridgehead atoms. The average Bonchev–Trinajstić information content (AvgIpc) is 2.65. The van der Waals surface area contributed by atoms with Crippen molar-refractivity contribution in [2.75, 3.05) is 19.6 Å². The fraction of sp³-hybridized carbons (Fsp3) is 0.700. The fourth-order valence-corrected chi connectivity index (χ4v) is 1.97. The summed E-state index contributed by atoms with van der Waals surface area (Å²) in [6, 6.07) is -0.170. The molecule has 0 radical (unpaired) electrons. The highest BCUT2D eigenvalue weighted by molar-refractivity contribution is 5.82. The van der Waals surface area contributed by atoms with Gasteiger partial charge in [0.15, 0.2) is 0 Å². The maximum Gasteiger partial charge on any atom is 0.240 e. The third kappa shape index (κ3) is 1.96. The van der Waals surface area contributed by atoms with Crippen LogP contribution in [0.3, 0.4) is 0 Å². The van der Waals surface area contributed by atoms with Crippen LogP contribution in [0.2, 0.25) is 0 Å². The molecule has 2 N–H and O–H groups in total. The number of hydrogen-bond donors (Lipinski definition) is 2. The van der Waals surface area contributed by atoms with E-state index in [1.807, 2.05) is 11.0 Å². The van der Waals surface area contributed by atoms with Crippen molar-refractivity contribution in [1.29, 1.82) is 0 Å². The van der Waals surface area contributed by atoms with Gasteiger partial charge in [0.2, 0.25) is 5.91 Å². The lowest BCUT2D eigenvalue weighted by molar-refractivity contribution is -0.132. The highest BCUT2D eigenvalue weighted by Gasteiger charge is 2.30. The van der Waals surface area contributed by atoms with Crippen LogP contribution in [0.4, 0.5) is 0 Å². The quantitative estimate of drug-likeness (QED) is 0.556. The minimum atomic E-state index is -0.357. The summed E-state index contributed by atoms with van der Waals surface area (Å²) in [5.74, 6) is 0.130. The smallest absolute Gasteiger partial charge is 0.240 e. The van der Waals surface area contributed by atoms with Crippen molar-refractivity contribution in [1.82, 2.24) is 10.2 Å². The lowest BCUT2D eigenvalue weighted by atomic mass is 10.1. The summed E-state index contributed by atoms with van der Waals surface area (Å²) < 4.78 is 0. The molecule has 2 rings (SSSR count). The summed E-state index contributed by atoms with van der Waals surface area (Å²) >= 11 is 0. The van der Waals surface area contributed by atoms with E-state index in [2.05, 4.69) is 11.4 Å². The summed E-state index contributed by atoms with van der Waals surface area (Å²) in [5.41, 5.74) is 0. The number of hydrogen-bond acceptors (Lipinski definition) is 3. The van der Waals surface area contributed by atoms with Gasteiger partial charge >= 0.3 is 0 Å².